The molecular weight excluding hydrogens is 320 g/mol. The van der Waals surface area contributed by atoms with Crippen LogP contribution in [0.1, 0.15) is 59.5 Å². The molecule has 0 unspecified atom stereocenters. The minimum absolute atomic E-state index is 0.0206. The quantitative estimate of drug-likeness (QED) is 0.250. The highest BCUT2D eigenvalue weighted by molar-refractivity contribution is 6.01. The zero-order valence-corrected chi connectivity index (χ0v) is 14.7. The molecule has 2 aliphatic rings. The second kappa shape index (κ2) is 7.68. The first kappa shape index (κ1) is 17.5. The van der Waals surface area contributed by atoms with Crippen molar-refractivity contribution in [3.05, 3.63) is 34.9 Å². The summed E-state index contributed by atoms with van der Waals surface area (Å²) in [6, 6.07) is 5.87. The van der Waals surface area contributed by atoms with Crippen molar-refractivity contribution in [3.8, 4) is 0 Å². The van der Waals surface area contributed by atoms with Gasteiger partial charge < -0.3 is 9.47 Å². The number of ether oxygens (including phenoxy) is 2. The number of hydrogen-bond acceptors (Lipinski definition) is 6. The maximum atomic E-state index is 11.5. The minimum atomic E-state index is -0.379. The van der Waals surface area contributed by atoms with Gasteiger partial charge >= 0.3 is 5.97 Å². The molecule has 0 aliphatic heterocycles. The summed E-state index contributed by atoms with van der Waals surface area (Å²) in [5, 5.41) is 5.92. The Labute approximate surface area is 147 Å². The van der Waals surface area contributed by atoms with Crippen LogP contribution in [0, 0.1) is 0 Å². The normalized spacial score (nSPS) is 17.6. The maximum Gasteiger partial charge on any atom is 0.327 e. The fraction of sp³-hybridized carbons (Fsp3) is 0.526. The number of rotatable bonds is 7. The highest BCUT2D eigenvalue weighted by Crippen LogP contribution is 2.37. The van der Waals surface area contributed by atoms with Gasteiger partial charge in [0.1, 0.15) is 12.6 Å². The Hall–Kier alpha value is -2.37. The van der Waals surface area contributed by atoms with Crippen molar-refractivity contribution in [2.24, 2.45) is 5.10 Å². The van der Waals surface area contributed by atoms with Gasteiger partial charge in [0, 0.05) is 18.2 Å². The van der Waals surface area contributed by atoms with Crippen molar-refractivity contribution < 1.29 is 19.1 Å². The van der Waals surface area contributed by atoms with Crippen molar-refractivity contribution in [1.29, 1.82) is 0 Å². The van der Waals surface area contributed by atoms with Gasteiger partial charge in [-0.1, -0.05) is 18.6 Å². The number of aldehydes is 1. The largest absolute Gasteiger partial charge is 0.473 e. The van der Waals surface area contributed by atoms with Crippen LogP contribution >= 0.6 is 0 Å². The van der Waals surface area contributed by atoms with E-state index in [1.165, 1.54) is 36.9 Å². The Morgan fingerprint density at radius 3 is 2.64 bits per heavy atom. The van der Waals surface area contributed by atoms with Crippen molar-refractivity contribution in [3.63, 3.8) is 0 Å². The molecule has 2 saturated carbocycles. The lowest BCUT2D eigenvalue weighted by molar-refractivity contribution is -0.141. The number of carbonyl (C=O) groups excluding carboxylic acids is 2. The van der Waals surface area contributed by atoms with Crippen LogP contribution in [0.25, 0.3) is 0 Å². The number of methoxy groups -OCH3 is 1. The summed E-state index contributed by atoms with van der Waals surface area (Å²) in [6.45, 7) is 0.0206. The van der Waals surface area contributed by atoms with Crippen molar-refractivity contribution in [2.45, 2.75) is 44.1 Å². The van der Waals surface area contributed by atoms with Crippen molar-refractivity contribution >= 4 is 18.2 Å². The molecule has 6 nitrogen and oxygen atoms in total. The monoisotopic (exact) mass is 344 g/mol. The van der Waals surface area contributed by atoms with E-state index in [9.17, 15) is 9.59 Å². The summed E-state index contributed by atoms with van der Waals surface area (Å²) in [5.41, 5.74) is 2.46. The van der Waals surface area contributed by atoms with Crippen LogP contribution in [0.2, 0.25) is 0 Å². The SMILES string of the molecule is COC(=O)CN(C)/N=C(/OC1CC1)c1cc(C2CCC2)ccc1C=O. The van der Waals surface area contributed by atoms with E-state index < -0.39 is 0 Å². The molecule has 0 saturated heterocycles. The Bertz CT molecular complexity index is 678. The first-order chi connectivity index (χ1) is 12.1. The summed E-state index contributed by atoms with van der Waals surface area (Å²) < 4.78 is 10.6. The average molecular weight is 344 g/mol. The van der Waals surface area contributed by atoms with E-state index in [4.69, 9.17) is 4.74 Å². The molecule has 0 spiro atoms. The lowest BCUT2D eigenvalue weighted by Crippen LogP contribution is -2.25. The lowest BCUT2D eigenvalue weighted by Gasteiger charge is -2.26. The predicted octanol–water partition coefficient (Wildman–Crippen LogP) is 2.71. The molecule has 0 radical (unpaired) electrons. The van der Waals surface area contributed by atoms with Gasteiger partial charge in [0.15, 0.2) is 6.29 Å². The Kier molecular flexibility index (Phi) is 5.36. The zero-order chi connectivity index (χ0) is 17.8. The van der Waals surface area contributed by atoms with Gasteiger partial charge in [0.25, 0.3) is 0 Å². The van der Waals surface area contributed by atoms with Gasteiger partial charge in [-0.15, -0.1) is 5.10 Å². The third-order valence-corrected chi connectivity index (χ3v) is 4.66. The molecule has 0 bridgehead atoms. The summed E-state index contributed by atoms with van der Waals surface area (Å²) in [7, 11) is 3.03. The maximum absolute atomic E-state index is 11.5. The third-order valence-electron chi connectivity index (χ3n) is 4.66. The molecule has 3 rings (SSSR count). The Balaban J connectivity index is 1.90. The Morgan fingerprint density at radius 2 is 2.08 bits per heavy atom. The molecule has 0 heterocycles. The molecule has 6 heteroatoms. The highest BCUT2D eigenvalue weighted by Gasteiger charge is 2.28. The number of benzene rings is 1. The van der Waals surface area contributed by atoms with Gasteiger partial charge in [-0.3, -0.25) is 14.6 Å². The fourth-order valence-corrected chi connectivity index (χ4v) is 2.78. The summed E-state index contributed by atoms with van der Waals surface area (Å²) >= 11 is 0. The van der Waals surface area contributed by atoms with Gasteiger partial charge in [-0.2, -0.15) is 0 Å². The molecule has 1 aromatic carbocycles. The van der Waals surface area contributed by atoms with E-state index in [0.29, 0.717) is 22.9 Å². The van der Waals surface area contributed by atoms with Crippen molar-refractivity contribution in [2.75, 3.05) is 20.7 Å². The first-order valence-electron chi connectivity index (χ1n) is 8.73. The average Bonchev–Trinajstić information content (AvgIpc) is 3.36. The molecule has 0 N–H and O–H groups in total. The van der Waals surface area contributed by atoms with E-state index in [-0.39, 0.29) is 18.6 Å². The number of carbonyl (C=O) groups is 2. The molecule has 0 aromatic heterocycles. The molecule has 1 aromatic rings. The van der Waals surface area contributed by atoms with Crippen LogP contribution in [-0.2, 0) is 14.3 Å². The number of esters is 1. The van der Waals surface area contributed by atoms with Gasteiger partial charge in [-0.25, -0.2) is 0 Å². The van der Waals surface area contributed by atoms with Crippen LogP contribution in [0.15, 0.2) is 23.3 Å². The van der Waals surface area contributed by atoms with E-state index in [1.807, 2.05) is 18.2 Å². The Morgan fingerprint density at radius 1 is 1.32 bits per heavy atom. The van der Waals surface area contributed by atoms with E-state index in [0.717, 1.165) is 19.1 Å². The smallest absolute Gasteiger partial charge is 0.327 e. The van der Waals surface area contributed by atoms with Crippen LogP contribution in [0.3, 0.4) is 0 Å². The van der Waals surface area contributed by atoms with Crippen LogP contribution in [-0.4, -0.2) is 50.0 Å². The molecule has 2 fully saturated rings. The molecule has 25 heavy (non-hydrogen) atoms. The molecule has 0 atom stereocenters. The van der Waals surface area contributed by atoms with E-state index in [2.05, 4.69) is 9.84 Å². The third kappa shape index (κ3) is 4.38. The molecule has 134 valence electrons. The standard InChI is InChI=1S/C19H24N2O4/c1-21(11-18(23)24-2)20-19(25-16-8-9-16)17-10-14(13-4-3-5-13)6-7-15(17)12-22/h6-7,10,12-13,16H,3-5,8-9,11H2,1-2H3/b20-19+. The topological polar surface area (TPSA) is 68.2 Å². The van der Waals surface area contributed by atoms with E-state index >= 15 is 0 Å². The lowest BCUT2D eigenvalue weighted by atomic mass is 9.79. The predicted molar refractivity (Wildman–Crippen MR) is 93.7 cm³/mol. The number of likely N-dealkylation sites (N-methyl/N-ethyl adjacent to an activating group) is 1. The van der Waals surface area contributed by atoms with Gasteiger partial charge in [0.05, 0.1) is 7.11 Å². The first-order valence-corrected chi connectivity index (χ1v) is 8.73. The number of nitrogens with zero attached hydrogens (tertiary/aromatic N) is 2. The van der Waals surface area contributed by atoms with Gasteiger partial charge in [0.2, 0.25) is 5.90 Å². The van der Waals surface area contributed by atoms with Crippen LogP contribution in [0.5, 0.6) is 0 Å². The summed E-state index contributed by atoms with van der Waals surface area (Å²) in [4.78, 5) is 23.0. The minimum Gasteiger partial charge on any atom is -0.473 e. The second-order valence-corrected chi connectivity index (χ2v) is 6.71. The molecular formula is C19H24N2O4. The van der Waals surface area contributed by atoms with E-state index in [1.54, 1.807) is 7.05 Å². The highest BCUT2D eigenvalue weighted by atomic mass is 16.5. The summed E-state index contributed by atoms with van der Waals surface area (Å²) in [5.74, 6) is 0.572. The number of hydrogen-bond donors (Lipinski definition) is 0. The fourth-order valence-electron chi connectivity index (χ4n) is 2.78. The van der Waals surface area contributed by atoms with Crippen LogP contribution in [0.4, 0.5) is 0 Å². The summed E-state index contributed by atoms with van der Waals surface area (Å²) in [6.07, 6.45) is 6.53. The number of hydrazone groups is 1. The zero-order valence-electron chi connectivity index (χ0n) is 14.7. The molecule has 0 amide bonds. The molecule has 2 aliphatic carbocycles. The van der Waals surface area contributed by atoms with Crippen LogP contribution < -0.4 is 0 Å². The second-order valence-electron chi connectivity index (χ2n) is 6.71. The van der Waals surface area contributed by atoms with Crippen molar-refractivity contribution in [1.82, 2.24) is 5.01 Å². The van der Waals surface area contributed by atoms with Gasteiger partial charge in [-0.05, 0) is 43.2 Å².